The van der Waals surface area contributed by atoms with Crippen molar-refractivity contribution in [3.05, 3.63) is 58.8 Å². The van der Waals surface area contributed by atoms with Crippen LogP contribution in [0.1, 0.15) is 42.1 Å². The van der Waals surface area contributed by atoms with Gasteiger partial charge in [-0.1, -0.05) is 24.3 Å². The van der Waals surface area contributed by atoms with E-state index in [0.29, 0.717) is 17.7 Å². The number of benzene rings is 1. The van der Waals surface area contributed by atoms with E-state index >= 15 is 0 Å². The van der Waals surface area contributed by atoms with E-state index in [-0.39, 0.29) is 18.8 Å². The minimum absolute atomic E-state index is 0.135. The van der Waals surface area contributed by atoms with E-state index < -0.39 is 27.6 Å². The molecule has 2 aromatic rings. The van der Waals surface area contributed by atoms with Crippen molar-refractivity contribution < 1.29 is 27.9 Å². The fourth-order valence-corrected chi connectivity index (χ4v) is 4.26. The number of carbonyl (C=O) groups is 2. The first-order chi connectivity index (χ1) is 15.5. The van der Waals surface area contributed by atoms with Gasteiger partial charge in [0.15, 0.2) is 0 Å². The predicted molar refractivity (Wildman–Crippen MR) is 124 cm³/mol. The second-order valence-electron chi connectivity index (χ2n) is 8.60. The number of rotatable bonds is 3. The van der Waals surface area contributed by atoms with Crippen LogP contribution < -0.4 is 9.62 Å². The topological polar surface area (TPSA) is 126 Å². The lowest BCUT2D eigenvalue weighted by molar-refractivity contribution is -0.152. The third kappa shape index (κ3) is 6.44. The number of esters is 1. The van der Waals surface area contributed by atoms with Crippen molar-refractivity contribution in [1.29, 1.82) is 0 Å². The molecule has 1 aliphatic rings. The average Bonchev–Trinajstić information content (AvgIpc) is 2.73. The van der Waals surface area contributed by atoms with Crippen molar-refractivity contribution in [2.45, 2.75) is 51.2 Å². The molecule has 1 atom stereocenters. The minimum Gasteiger partial charge on any atom is -0.465 e. The van der Waals surface area contributed by atoms with Crippen molar-refractivity contribution in [3.63, 3.8) is 0 Å². The molecule has 0 spiro atoms. The summed E-state index contributed by atoms with van der Waals surface area (Å²) in [6.07, 6.45) is 3.10. The second kappa shape index (κ2) is 9.78. The molecule has 33 heavy (non-hydrogen) atoms. The first-order valence-corrected chi connectivity index (χ1v) is 12.5. The minimum atomic E-state index is -3.53. The van der Waals surface area contributed by atoms with Crippen molar-refractivity contribution in [3.8, 4) is 0 Å². The zero-order chi connectivity index (χ0) is 24.2. The van der Waals surface area contributed by atoms with Gasteiger partial charge in [0.2, 0.25) is 10.0 Å². The SMILES string of the molecule is CN(c1cc2cc(n1)CCCCc1cccc(c1)CC(C)(NC(=O)O)C(=O)OC2)S(C)(=O)=O. The quantitative estimate of drug-likeness (QED) is 0.654. The van der Waals surface area contributed by atoms with E-state index in [0.717, 1.165) is 41.0 Å². The van der Waals surface area contributed by atoms with Crippen LogP contribution in [-0.4, -0.2) is 49.4 Å². The summed E-state index contributed by atoms with van der Waals surface area (Å²) in [6, 6.07) is 11.1. The largest absolute Gasteiger partial charge is 0.465 e. The van der Waals surface area contributed by atoms with Gasteiger partial charge in [0.25, 0.3) is 0 Å². The van der Waals surface area contributed by atoms with E-state index in [4.69, 9.17) is 4.74 Å². The molecule has 1 unspecified atom stereocenters. The van der Waals surface area contributed by atoms with Crippen molar-refractivity contribution in [1.82, 2.24) is 10.3 Å². The lowest BCUT2D eigenvalue weighted by atomic mass is 9.91. The van der Waals surface area contributed by atoms with E-state index in [1.807, 2.05) is 24.3 Å². The van der Waals surface area contributed by atoms with Crippen molar-refractivity contribution in [2.24, 2.45) is 0 Å². The molecule has 1 amide bonds. The predicted octanol–water partition coefficient (Wildman–Crippen LogP) is 2.67. The summed E-state index contributed by atoms with van der Waals surface area (Å²) < 4.78 is 30.6. The molecule has 1 aromatic carbocycles. The zero-order valence-corrected chi connectivity index (χ0v) is 19.8. The van der Waals surface area contributed by atoms with Crippen LogP contribution in [-0.2, 0) is 45.4 Å². The first kappa shape index (κ1) is 24.5. The van der Waals surface area contributed by atoms with Crippen LogP contribution in [0.5, 0.6) is 0 Å². The van der Waals surface area contributed by atoms with Crippen LogP contribution in [0.15, 0.2) is 36.4 Å². The Morgan fingerprint density at radius 3 is 2.55 bits per heavy atom. The van der Waals surface area contributed by atoms with Gasteiger partial charge in [0.1, 0.15) is 18.0 Å². The van der Waals surface area contributed by atoms with Gasteiger partial charge in [-0.15, -0.1) is 0 Å². The lowest BCUT2D eigenvalue weighted by Crippen LogP contribution is -2.54. The number of pyridine rings is 1. The maximum atomic E-state index is 13.0. The third-order valence-electron chi connectivity index (χ3n) is 5.65. The van der Waals surface area contributed by atoms with Gasteiger partial charge in [-0.3, -0.25) is 4.31 Å². The molecule has 10 heteroatoms. The maximum absolute atomic E-state index is 13.0. The molecule has 0 fully saturated rings. The van der Waals surface area contributed by atoms with Crippen LogP contribution in [0.3, 0.4) is 0 Å². The summed E-state index contributed by atoms with van der Waals surface area (Å²) in [5.41, 5.74) is 1.70. The molecule has 0 saturated carbocycles. The van der Waals surface area contributed by atoms with Gasteiger partial charge in [0.05, 0.1) is 6.26 Å². The van der Waals surface area contributed by atoms with Gasteiger partial charge >= 0.3 is 12.1 Å². The molecule has 178 valence electrons. The van der Waals surface area contributed by atoms with E-state index in [2.05, 4.69) is 10.3 Å². The van der Waals surface area contributed by atoms with Crippen LogP contribution in [0.25, 0.3) is 0 Å². The van der Waals surface area contributed by atoms with Gasteiger partial charge in [0, 0.05) is 19.2 Å². The highest BCUT2D eigenvalue weighted by Crippen LogP contribution is 2.22. The first-order valence-electron chi connectivity index (χ1n) is 10.7. The number of nitrogens with zero attached hydrogens (tertiary/aromatic N) is 2. The van der Waals surface area contributed by atoms with E-state index in [1.165, 1.54) is 14.0 Å². The van der Waals surface area contributed by atoms with E-state index in [9.17, 15) is 23.1 Å². The zero-order valence-electron chi connectivity index (χ0n) is 19.0. The van der Waals surface area contributed by atoms with Gasteiger partial charge in [-0.2, -0.15) is 0 Å². The monoisotopic (exact) mass is 475 g/mol. The van der Waals surface area contributed by atoms with E-state index in [1.54, 1.807) is 12.1 Å². The van der Waals surface area contributed by atoms with Gasteiger partial charge in [-0.25, -0.2) is 23.0 Å². The van der Waals surface area contributed by atoms with Crippen LogP contribution in [0.4, 0.5) is 10.6 Å². The highest BCUT2D eigenvalue weighted by atomic mass is 32.2. The number of anilines is 1. The molecule has 9 nitrogen and oxygen atoms in total. The van der Waals surface area contributed by atoms with Gasteiger partial charge < -0.3 is 15.2 Å². The number of hydrogen-bond donors (Lipinski definition) is 2. The Morgan fingerprint density at radius 1 is 1.15 bits per heavy atom. The molecule has 1 aromatic heterocycles. The lowest BCUT2D eigenvalue weighted by Gasteiger charge is -2.27. The van der Waals surface area contributed by atoms with Crippen molar-refractivity contribution in [2.75, 3.05) is 17.6 Å². The summed E-state index contributed by atoms with van der Waals surface area (Å²) in [5, 5.41) is 11.6. The Bertz CT molecular complexity index is 1150. The van der Waals surface area contributed by atoms with Crippen LogP contribution >= 0.6 is 0 Å². The number of aromatic nitrogens is 1. The summed E-state index contributed by atoms with van der Waals surface area (Å²) >= 11 is 0. The number of carbonyl (C=O) groups excluding carboxylic acids is 1. The number of fused-ring (bicyclic) bond motifs is 4. The summed E-state index contributed by atoms with van der Waals surface area (Å²) in [7, 11) is -2.11. The molecular formula is C23H29N3O6S. The molecule has 0 radical (unpaired) electrons. The number of hydrogen-bond acceptors (Lipinski definition) is 6. The molecule has 0 saturated heterocycles. The Labute approximate surface area is 193 Å². The Hall–Kier alpha value is -3.14. The number of sulfonamides is 1. The maximum Gasteiger partial charge on any atom is 0.405 e. The molecule has 2 heterocycles. The summed E-state index contributed by atoms with van der Waals surface area (Å²) in [4.78, 5) is 28.9. The number of ether oxygens (including phenoxy) is 1. The Morgan fingerprint density at radius 2 is 1.85 bits per heavy atom. The number of aryl methyl sites for hydroxylation is 2. The molecule has 4 bridgehead atoms. The average molecular weight is 476 g/mol. The third-order valence-corrected chi connectivity index (χ3v) is 6.83. The molecule has 0 aliphatic carbocycles. The summed E-state index contributed by atoms with van der Waals surface area (Å²) in [5.74, 6) is -0.481. The smallest absolute Gasteiger partial charge is 0.405 e. The summed E-state index contributed by atoms with van der Waals surface area (Å²) in [6.45, 7) is 1.35. The highest BCUT2D eigenvalue weighted by Gasteiger charge is 2.37. The molecule has 2 N–H and O–H groups in total. The number of carboxylic acid groups (broad SMARTS) is 1. The van der Waals surface area contributed by atoms with Crippen molar-refractivity contribution >= 4 is 27.9 Å². The molecule has 3 rings (SSSR count). The Balaban J connectivity index is 1.99. The van der Waals surface area contributed by atoms with Crippen LogP contribution in [0.2, 0.25) is 0 Å². The molecular weight excluding hydrogens is 446 g/mol. The number of cyclic esters (lactones) is 1. The Kier molecular flexibility index (Phi) is 7.26. The number of amides is 1. The fourth-order valence-electron chi connectivity index (χ4n) is 3.83. The normalized spacial score (nSPS) is 19.5. The van der Waals surface area contributed by atoms with Crippen LogP contribution in [0, 0.1) is 0 Å². The highest BCUT2D eigenvalue weighted by molar-refractivity contribution is 7.92. The fraction of sp³-hybridized carbons (Fsp3) is 0.435. The van der Waals surface area contributed by atoms with Gasteiger partial charge in [-0.05, 0) is 61.4 Å². The molecule has 1 aliphatic heterocycles. The second-order valence-corrected chi connectivity index (χ2v) is 10.6. The standard InChI is InChI=1S/C23H29N3O6S/c1-23(25-22(28)29)14-17-9-6-8-16(11-17)7-4-5-10-19-12-18(15-32-21(23)27)13-20(24-19)26(2)33(3,30)31/h6,8-9,11-13,25H,4-5,7,10,14-15H2,1-3H3,(H,28,29). The number of nitrogens with one attached hydrogen (secondary N) is 1.